The molecule has 0 amide bonds. The number of nitro benzene ring substituents is 2. The van der Waals surface area contributed by atoms with Crippen molar-refractivity contribution in [2.24, 2.45) is 0 Å². The second-order valence-electron chi connectivity index (χ2n) is 4.91. The van der Waals surface area contributed by atoms with Crippen LogP contribution in [0.1, 0.15) is 12.8 Å². The van der Waals surface area contributed by atoms with E-state index in [1.165, 1.54) is 24.3 Å². The highest BCUT2D eigenvalue weighted by molar-refractivity contribution is 5.36. The summed E-state index contributed by atoms with van der Waals surface area (Å²) in [5.74, 6) is 1.16. The van der Waals surface area contributed by atoms with Gasteiger partial charge in [-0.05, 0) is 37.1 Å². The molecule has 0 radical (unpaired) electrons. The second kappa shape index (κ2) is 8.47. The Morgan fingerprint density at radius 2 is 1.00 bits per heavy atom. The normalized spacial score (nSPS) is 10.2. The fourth-order valence-corrected chi connectivity index (χ4v) is 1.91. The summed E-state index contributed by atoms with van der Waals surface area (Å²) < 4.78 is 11.0. The van der Waals surface area contributed by atoms with E-state index in [2.05, 4.69) is 0 Å². The monoisotopic (exact) mass is 332 g/mol. The summed E-state index contributed by atoms with van der Waals surface area (Å²) >= 11 is 0. The van der Waals surface area contributed by atoms with Crippen LogP contribution >= 0.6 is 0 Å². The summed E-state index contributed by atoms with van der Waals surface area (Å²) in [4.78, 5) is 20.1. The Bertz CT molecular complexity index is 623. The Morgan fingerprint density at radius 3 is 1.29 bits per heavy atom. The minimum Gasteiger partial charge on any atom is -0.494 e. The van der Waals surface area contributed by atoms with Crippen LogP contribution in [0.5, 0.6) is 11.5 Å². The van der Waals surface area contributed by atoms with Gasteiger partial charge in [-0.3, -0.25) is 20.2 Å². The van der Waals surface area contributed by atoms with Crippen LogP contribution < -0.4 is 9.47 Å². The molecule has 8 heteroatoms. The van der Waals surface area contributed by atoms with Crippen molar-refractivity contribution in [1.29, 1.82) is 0 Å². The van der Waals surface area contributed by atoms with Crippen LogP contribution in [0.2, 0.25) is 0 Å². The number of hydrogen-bond donors (Lipinski definition) is 0. The molecule has 0 spiro atoms. The smallest absolute Gasteiger partial charge is 0.269 e. The number of nitro groups is 2. The lowest BCUT2D eigenvalue weighted by atomic mass is 10.3. The molecule has 0 atom stereocenters. The quantitative estimate of drug-likeness (QED) is 0.393. The van der Waals surface area contributed by atoms with Crippen molar-refractivity contribution in [3.05, 3.63) is 68.8 Å². The molecule has 0 aliphatic rings. The van der Waals surface area contributed by atoms with Crippen LogP contribution in [0.3, 0.4) is 0 Å². The zero-order chi connectivity index (χ0) is 17.4. The minimum absolute atomic E-state index is 0.0267. The number of hydrogen-bond acceptors (Lipinski definition) is 6. The van der Waals surface area contributed by atoms with E-state index in [1.54, 1.807) is 24.3 Å². The Morgan fingerprint density at radius 1 is 0.667 bits per heavy atom. The van der Waals surface area contributed by atoms with Gasteiger partial charge in [0, 0.05) is 24.3 Å². The van der Waals surface area contributed by atoms with Gasteiger partial charge in [-0.15, -0.1) is 0 Å². The SMILES string of the molecule is O=[N+]([O-])c1ccc(OCCCCOc2ccc([N+](=O)[O-])cc2)cc1. The van der Waals surface area contributed by atoms with Crippen molar-refractivity contribution in [1.82, 2.24) is 0 Å². The molecule has 0 unspecified atom stereocenters. The maximum atomic E-state index is 10.5. The molecule has 0 aromatic heterocycles. The molecule has 126 valence electrons. The van der Waals surface area contributed by atoms with Crippen molar-refractivity contribution in [3.63, 3.8) is 0 Å². The Labute approximate surface area is 137 Å². The van der Waals surface area contributed by atoms with E-state index >= 15 is 0 Å². The first-order valence-electron chi connectivity index (χ1n) is 7.31. The summed E-state index contributed by atoms with van der Waals surface area (Å²) in [6.07, 6.45) is 1.51. The van der Waals surface area contributed by atoms with Crippen molar-refractivity contribution >= 4 is 11.4 Å². The standard InChI is InChI=1S/C16H16N2O6/c19-17(20)13-3-7-15(8-4-13)23-11-1-2-12-24-16-9-5-14(6-10-16)18(21)22/h3-10H,1-2,11-12H2. The third kappa shape index (κ3) is 5.24. The fraction of sp³-hybridized carbons (Fsp3) is 0.250. The van der Waals surface area contributed by atoms with Gasteiger partial charge in [0.1, 0.15) is 11.5 Å². The summed E-state index contributed by atoms with van der Waals surface area (Å²) in [6.45, 7) is 0.947. The largest absolute Gasteiger partial charge is 0.494 e. The van der Waals surface area contributed by atoms with Gasteiger partial charge in [-0.25, -0.2) is 0 Å². The molecule has 2 aromatic carbocycles. The topological polar surface area (TPSA) is 105 Å². The van der Waals surface area contributed by atoms with Gasteiger partial charge >= 0.3 is 0 Å². The van der Waals surface area contributed by atoms with Crippen LogP contribution in [0, 0.1) is 20.2 Å². The Hall–Kier alpha value is -3.16. The van der Waals surface area contributed by atoms with E-state index in [-0.39, 0.29) is 11.4 Å². The summed E-state index contributed by atoms with van der Waals surface area (Å²) in [7, 11) is 0. The highest BCUT2D eigenvalue weighted by Gasteiger charge is 2.05. The van der Waals surface area contributed by atoms with Crippen LogP contribution in [-0.4, -0.2) is 23.1 Å². The highest BCUT2D eigenvalue weighted by Crippen LogP contribution is 2.18. The first kappa shape index (κ1) is 17.2. The maximum Gasteiger partial charge on any atom is 0.269 e. The molecule has 2 aromatic rings. The lowest BCUT2D eigenvalue weighted by molar-refractivity contribution is -0.385. The van der Waals surface area contributed by atoms with Crippen LogP contribution in [0.4, 0.5) is 11.4 Å². The van der Waals surface area contributed by atoms with Crippen molar-refractivity contribution in [2.75, 3.05) is 13.2 Å². The average molecular weight is 332 g/mol. The predicted octanol–water partition coefficient (Wildman–Crippen LogP) is 3.74. The van der Waals surface area contributed by atoms with Crippen LogP contribution in [0.25, 0.3) is 0 Å². The van der Waals surface area contributed by atoms with E-state index in [0.717, 1.165) is 12.8 Å². The molecule has 0 saturated carbocycles. The van der Waals surface area contributed by atoms with Gasteiger partial charge in [0.2, 0.25) is 0 Å². The van der Waals surface area contributed by atoms with Crippen LogP contribution in [-0.2, 0) is 0 Å². The number of benzene rings is 2. The van der Waals surface area contributed by atoms with Gasteiger partial charge < -0.3 is 9.47 Å². The summed E-state index contributed by atoms with van der Waals surface area (Å²) in [5.41, 5.74) is 0.0534. The molecule has 2 rings (SSSR count). The first-order chi connectivity index (χ1) is 11.6. The molecule has 0 fully saturated rings. The molecule has 8 nitrogen and oxygen atoms in total. The van der Waals surface area contributed by atoms with Gasteiger partial charge in [0.15, 0.2) is 0 Å². The number of ether oxygens (including phenoxy) is 2. The van der Waals surface area contributed by atoms with E-state index in [0.29, 0.717) is 24.7 Å². The number of unbranched alkanes of at least 4 members (excludes halogenated alkanes) is 1. The van der Waals surface area contributed by atoms with E-state index in [4.69, 9.17) is 9.47 Å². The van der Waals surface area contributed by atoms with Gasteiger partial charge in [0.25, 0.3) is 11.4 Å². The Balaban J connectivity index is 1.62. The third-order valence-corrected chi connectivity index (χ3v) is 3.17. The molecular weight excluding hydrogens is 316 g/mol. The molecule has 0 N–H and O–H groups in total. The lowest BCUT2D eigenvalue weighted by Crippen LogP contribution is -2.02. The minimum atomic E-state index is -0.459. The summed E-state index contributed by atoms with van der Waals surface area (Å²) in [5, 5.41) is 21.1. The first-order valence-corrected chi connectivity index (χ1v) is 7.31. The van der Waals surface area contributed by atoms with E-state index in [9.17, 15) is 20.2 Å². The molecule has 0 saturated heterocycles. The van der Waals surface area contributed by atoms with Crippen molar-refractivity contribution in [3.8, 4) is 11.5 Å². The van der Waals surface area contributed by atoms with Crippen molar-refractivity contribution < 1.29 is 19.3 Å². The highest BCUT2D eigenvalue weighted by atomic mass is 16.6. The van der Waals surface area contributed by atoms with Gasteiger partial charge in [-0.1, -0.05) is 0 Å². The van der Waals surface area contributed by atoms with Gasteiger partial charge in [-0.2, -0.15) is 0 Å². The summed E-state index contributed by atoms with van der Waals surface area (Å²) in [6, 6.07) is 11.8. The van der Waals surface area contributed by atoms with E-state index < -0.39 is 9.85 Å². The predicted molar refractivity (Wildman–Crippen MR) is 86.4 cm³/mol. The second-order valence-corrected chi connectivity index (χ2v) is 4.91. The average Bonchev–Trinajstić information content (AvgIpc) is 2.58. The Kier molecular flexibility index (Phi) is 6.07. The number of rotatable bonds is 9. The zero-order valence-electron chi connectivity index (χ0n) is 12.8. The van der Waals surface area contributed by atoms with Crippen molar-refractivity contribution in [2.45, 2.75) is 12.8 Å². The third-order valence-electron chi connectivity index (χ3n) is 3.17. The van der Waals surface area contributed by atoms with Crippen LogP contribution in [0.15, 0.2) is 48.5 Å². The molecule has 0 heterocycles. The van der Waals surface area contributed by atoms with Gasteiger partial charge in [0.05, 0.1) is 23.1 Å². The van der Waals surface area contributed by atoms with E-state index in [1.807, 2.05) is 0 Å². The lowest BCUT2D eigenvalue weighted by Gasteiger charge is -2.07. The molecule has 0 aliphatic carbocycles. The molecule has 0 aliphatic heterocycles. The zero-order valence-corrected chi connectivity index (χ0v) is 12.8. The molecule has 24 heavy (non-hydrogen) atoms. The maximum absolute atomic E-state index is 10.5. The molecular formula is C16H16N2O6. The fourth-order valence-electron chi connectivity index (χ4n) is 1.91. The number of non-ortho nitro benzene ring substituents is 2. The molecule has 0 bridgehead atoms. The number of nitrogens with zero attached hydrogens (tertiary/aromatic N) is 2.